The third kappa shape index (κ3) is 3.27. The van der Waals surface area contributed by atoms with Crippen LogP contribution in [0.4, 0.5) is 5.69 Å². The van der Waals surface area contributed by atoms with Gasteiger partial charge in [0, 0.05) is 12.2 Å². The molecular weight excluding hydrogens is 284 g/mol. The van der Waals surface area contributed by atoms with Crippen molar-refractivity contribution in [3.63, 3.8) is 0 Å². The van der Waals surface area contributed by atoms with E-state index in [4.69, 9.17) is 10.2 Å². The van der Waals surface area contributed by atoms with Gasteiger partial charge in [-0.05, 0) is 37.0 Å². The summed E-state index contributed by atoms with van der Waals surface area (Å²) in [5, 5.41) is 26.2. The van der Waals surface area contributed by atoms with Crippen LogP contribution in [0.1, 0.15) is 23.2 Å². The number of carbonyl (C=O) groups is 1. The minimum Gasteiger partial charge on any atom is -0.478 e. The lowest BCUT2D eigenvalue weighted by Crippen LogP contribution is -2.33. The highest BCUT2D eigenvalue weighted by Crippen LogP contribution is 2.28. The Morgan fingerprint density at radius 1 is 1.40 bits per heavy atom. The van der Waals surface area contributed by atoms with Gasteiger partial charge < -0.3 is 15.5 Å². The highest BCUT2D eigenvalue weighted by atomic mass is 32.2. The molecule has 0 amide bonds. The number of nitrogens with one attached hydrogen (secondary N) is 1. The van der Waals surface area contributed by atoms with Crippen molar-refractivity contribution < 1.29 is 23.4 Å². The molecule has 8 heteroatoms. The number of aromatic carboxylic acids is 1. The van der Waals surface area contributed by atoms with E-state index in [1.54, 1.807) is 0 Å². The lowest BCUT2D eigenvalue weighted by Gasteiger charge is -2.31. The summed E-state index contributed by atoms with van der Waals surface area (Å²) in [5.41, 5.74) is 0.197. The molecule has 1 aliphatic rings. The Morgan fingerprint density at radius 2 is 2.05 bits per heavy atom. The topological polar surface area (TPSA) is 130 Å². The summed E-state index contributed by atoms with van der Waals surface area (Å²) < 4.78 is 22.4. The molecule has 0 heterocycles. The van der Waals surface area contributed by atoms with Gasteiger partial charge in [0.1, 0.15) is 0 Å². The number of carboxylic acids is 1. The maximum Gasteiger partial charge on any atom is 0.337 e. The van der Waals surface area contributed by atoms with E-state index in [0.717, 1.165) is 6.07 Å². The third-order valence-corrected chi connectivity index (χ3v) is 4.25. The number of hydrogen-bond acceptors (Lipinski definition) is 5. The normalized spacial score (nSPS) is 22.1. The highest BCUT2D eigenvalue weighted by molar-refractivity contribution is 7.89. The minimum atomic E-state index is -3.93. The lowest BCUT2D eigenvalue weighted by atomic mass is 9.82. The molecule has 1 aliphatic carbocycles. The third-order valence-electron chi connectivity index (χ3n) is 3.34. The molecule has 0 aromatic heterocycles. The maximum absolute atomic E-state index is 11.2. The van der Waals surface area contributed by atoms with Crippen LogP contribution < -0.4 is 10.5 Å². The number of carboxylic acid groups (broad SMARTS) is 1. The summed E-state index contributed by atoms with van der Waals surface area (Å²) in [7, 11) is -3.93. The number of nitrogens with two attached hydrogens (primary N) is 1. The van der Waals surface area contributed by atoms with Gasteiger partial charge in [0.15, 0.2) is 0 Å². The van der Waals surface area contributed by atoms with Gasteiger partial charge >= 0.3 is 5.97 Å². The molecular formula is C12H16N2O5S. The fourth-order valence-corrected chi connectivity index (χ4v) is 2.69. The quantitative estimate of drug-likeness (QED) is 0.615. The summed E-state index contributed by atoms with van der Waals surface area (Å²) in [6.07, 6.45) is 1.10. The monoisotopic (exact) mass is 300 g/mol. The van der Waals surface area contributed by atoms with Crippen molar-refractivity contribution in [2.45, 2.75) is 23.8 Å². The standard InChI is InChI=1S/C12H16N2O5S/c13-20(18,19)9-1-2-11(10(5-9)12(16)17)14-6-7-3-8(15)4-7/h1-2,5,7-8,14-15H,3-4,6H2,(H,16,17)(H2,13,18,19). The smallest absolute Gasteiger partial charge is 0.337 e. The molecule has 1 aromatic rings. The van der Waals surface area contributed by atoms with Gasteiger partial charge in [0.25, 0.3) is 0 Å². The average Bonchev–Trinajstić information content (AvgIpc) is 2.31. The molecule has 7 nitrogen and oxygen atoms in total. The molecule has 2 rings (SSSR count). The second-order valence-electron chi connectivity index (χ2n) is 4.93. The number of sulfonamides is 1. The van der Waals surface area contributed by atoms with Gasteiger partial charge in [-0.1, -0.05) is 0 Å². The Labute approximate surface area is 116 Å². The number of rotatable bonds is 5. The van der Waals surface area contributed by atoms with Crippen molar-refractivity contribution >= 4 is 21.7 Å². The maximum atomic E-state index is 11.2. The molecule has 0 unspecified atom stereocenters. The van der Waals surface area contributed by atoms with Gasteiger partial charge in [-0.15, -0.1) is 0 Å². The second kappa shape index (κ2) is 5.39. The highest BCUT2D eigenvalue weighted by Gasteiger charge is 2.27. The number of hydrogen-bond donors (Lipinski definition) is 4. The Bertz CT molecular complexity index is 623. The van der Waals surface area contributed by atoms with E-state index in [9.17, 15) is 18.3 Å². The largest absolute Gasteiger partial charge is 0.478 e. The van der Waals surface area contributed by atoms with Gasteiger partial charge in [0.2, 0.25) is 10.0 Å². The fraction of sp³-hybridized carbons (Fsp3) is 0.417. The van der Waals surface area contributed by atoms with Crippen molar-refractivity contribution in [1.29, 1.82) is 0 Å². The van der Waals surface area contributed by atoms with E-state index >= 15 is 0 Å². The van der Waals surface area contributed by atoms with Crippen LogP contribution in [0.5, 0.6) is 0 Å². The molecule has 0 saturated heterocycles. The van der Waals surface area contributed by atoms with Gasteiger partial charge in [-0.25, -0.2) is 18.4 Å². The molecule has 20 heavy (non-hydrogen) atoms. The molecule has 0 bridgehead atoms. The molecule has 110 valence electrons. The van der Waals surface area contributed by atoms with Crippen LogP contribution in [0.2, 0.25) is 0 Å². The van der Waals surface area contributed by atoms with Crippen molar-refractivity contribution in [2.75, 3.05) is 11.9 Å². The van der Waals surface area contributed by atoms with E-state index < -0.39 is 16.0 Å². The first kappa shape index (κ1) is 14.8. The SMILES string of the molecule is NS(=O)(=O)c1ccc(NCC2CC(O)C2)c(C(=O)O)c1. The van der Waals surface area contributed by atoms with E-state index in [1.165, 1.54) is 12.1 Å². The van der Waals surface area contributed by atoms with Crippen LogP contribution in [0.15, 0.2) is 23.1 Å². The minimum absolute atomic E-state index is 0.142. The number of primary sulfonamides is 1. The van der Waals surface area contributed by atoms with Crippen LogP contribution >= 0.6 is 0 Å². The Balaban J connectivity index is 2.17. The first-order valence-electron chi connectivity index (χ1n) is 6.09. The molecule has 0 aliphatic heterocycles. The second-order valence-corrected chi connectivity index (χ2v) is 6.49. The fourth-order valence-electron chi connectivity index (χ4n) is 2.15. The Kier molecular flexibility index (Phi) is 3.98. The molecule has 5 N–H and O–H groups in total. The molecule has 0 atom stereocenters. The van der Waals surface area contributed by atoms with E-state index in [0.29, 0.717) is 31.0 Å². The molecule has 1 aromatic carbocycles. The van der Waals surface area contributed by atoms with Crippen molar-refractivity contribution in [3.05, 3.63) is 23.8 Å². The molecule has 0 radical (unpaired) electrons. The van der Waals surface area contributed by atoms with Crippen LogP contribution in [-0.4, -0.2) is 37.2 Å². The summed E-state index contributed by atoms with van der Waals surface area (Å²) in [5.74, 6) is -0.934. The van der Waals surface area contributed by atoms with Crippen molar-refractivity contribution in [2.24, 2.45) is 11.1 Å². The van der Waals surface area contributed by atoms with Gasteiger partial charge in [0.05, 0.1) is 16.6 Å². The number of aliphatic hydroxyl groups is 1. The van der Waals surface area contributed by atoms with Crippen LogP contribution in [0.25, 0.3) is 0 Å². The predicted molar refractivity (Wildman–Crippen MR) is 72.0 cm³/mol. The van der Waals surface area contributed by atoms with Crippen LogP contribution in [-0.2, 0) is 10.0 Å². The van der Waals surface area contributed by atoms with Gasteiger partial charge in [-0.2, -0.15) is 0 Å². The van der Waals surface area contributed by atoms with E-state index in [-0.39, 0.29) is 16.6 Å². The summed E-state index contributed by atoms with van der Waals surface area (Å²) >= 11 is 0. The average molecular weight is 300 g/mol. The zero-order chi connectivity index (χ0) is 14.9. The molecule has 1 fully saturated rings. The van der Waals surface area contributed by atoms with Crippen LogP contribution in [0.3, 0.4) is 0 Å². The molecule has 0 spiro atoms. The summed E-state index contributed by atoms with van der Waals surface area (Å²) in [6.45, 7) is 0.534. The first-order chi connectivity index (χ1) is 9.27. The number of anilines is 1. The summed E-state index contributed by atoms with van der Waals surface area (Å²) in [4.78, 5) is 10.9. The Morgan fingerprint density at radius 3 is 2.55 bits per heavy atom. The predicted octanol–water partition coefficient (Wildman–Crippen LogP) is 0.215. The number of aliphatic hydroxyl groups excluding tert-OH is 1. The summed E-state index contributed by atoms with van der Waals surface area (Å²) in [6, 6.07) is 3.69. The van der Waals surface area contributed by atoms with Crippen LogP contribution in [0, 0.1) is 5.92 Å². The van der Waals surface area contributed by atoms with E-state index in [2.05, 4.69) is 5.32 Å². The molecule has 1 saturated carbocycles. The van der Waals surface area contributed by atoms with Crippen molar-refractivity contribution in [3.8, 4) is 0 Å². The first-order valence-corrected chi connectivity index (χ1v) is 7.64. The number of benzene rings is 1. The Hall–Kier alpha value is -1.64. The van der Waals surface area contributed by atoms with E-state index in [1.807, 2.05) is 0 Å². The zero-order valence-corrected chi connectivity index (χ0v) is 11.4. The lowest BCUT2D eigenvalue weighted by molar-refractivity contribution is 0.0486. The van der Waals surface area contributed by atoms with Crippen molar-refractivity contribution in [1.82, 2.24) is 0 Å². The van der Waals surface area contributed by atoms with Gasteiger partial charge in [-0.3, -0.25) is 0 Å². The zero-order valence-electron chi connectivity index (χ0n) is 10.6.